The van der Waals surface area contributed by atoms with Crippen molar-refractivity contribution < 1.29 is 0 Å². The van der Waals surface area contributed by atoms with Crippen molar-refractivity contribution in [3.8, 4) is 0 Å². The van der Waals surface area contributed by atoms with Gasteiger partial charge in [-0.1, -0.05) is 206 Å². The number of hydrogen-bond acceptors (Lipinski definition) is 3. The van der Waals surface area contributed by atoms with E-state index >= 15 is 0 Å². The van der Waals surface area contributed by atoms with Gasteiger partial charge in [0.2, 0.25) is 0 Å². The summed E-state index contributed by atoms with van der Waals surface area (Å²) in [6.45, 7) is 9.41. The SMILES string of the molecule is CCCCCCCC/C=C\CCCCCCCCN.CCCCCCCCCCCCCCCCN.CCCCCCCCN. The summed E-state index contributed by atoms with van der Waals surface area (Å²) in [7, 11) is 0. The molecule has 0 aliphatic heterocycles. The zero-order chi connectivity index (χ0) is 33.6. The molecule has 45 heavy (non-hydrogen) atoms. The normalized spacial score (nSPS) is 11.0. The Morgan fingerprint density at radius 1 is 0.244 bits per heavy atom. The maximum absolute atomic E-state index is 5.47. The highest BCUT2D eigenvalue weighted by Gasteiger charge is 1.94. The first-order valence-corrected chi connectivity index (χ1v) is 21.0. The zero-order valence-corrected chi connectivity index (χ0v) is 32.0. The Labute approximate surface area is 287 Å². The summed E-state index contributed by atoms with van der Waals surface area (Å²) in [5.74, 6) is 0. The van der Waals surface area contributed by atoms with Gasteiger partial charge < -0.3 is 17.2 Å². The number of unbranched alkanes of at least 4 members (excludes halogenated alkanes) is 30. The third kappa shape index (κ3) is 59.6. The van der Waals surface area contributed by atoms with E-state index in [0.29, 0.717) is 0 Å². The standard InChI is InChI=1S/C18H37N.C16H35N.C8H19N/c1-2-3-4-5-6-7-8-9-10-11-12-13-14-15-16-17-18-19;1-2-3-4-5-6-7-8-9-10-11-12-13-14-15-16-17;1-2-3-4-5-6-7-8-9/h9-10H,2-8,11-19H2,1H3;2-17H2,1H3;2-9H2,1H3/b10-9-;;. The Hall–Kier alpha value is -0.380. The number of hydrogen-bond donors (Lipinski definition) is 3. The maximum atomic E-state index is 5.47. The highest BCUT2D eigenvalue weighted by Crippen LogP contribution is 2.13. The van der Waals surface area contributed by atoms with Crippen molar-refractivity contribution in [3.63, 3.8) is 0 Å². The van der Waals surface area contributed by atoms with E-state index in [-0.39, 0.29) is 0 Å². The molecule has 0 bridgehead atoms. The predicted octanol–water partition coefficient (Wildman–Crippen LogP) is 13.7. The van der Waals surface area contributed by atoms with Gasteiger partial charge in [-0.05, 0) is 64.6 Å². The second kappa shape index (κ2) is 53.1. The van der Waals surface area contributed by atoms with Crippen LogP contribution in [0.15, 0.2) is 12.2 Å². The van der Waals surface area contributed by atoms with Gasteiger partial charge in [-0.2, -0.15) is 0 Å². The molecule has 0 heterocycles. The summed E-state index contributed by atoms with van der Waals surface area (Å²) in [4.78, 5) is 0. The van der Waals surface area contributed by atoms with Gasteiger partial charge in [0.05, 0.1) is 0 Å². The molecule has 0 saturated carbocycles. The van der Waals surface area contributed by atoms with Gasteiger partial charge in [0.15, 0.2) is 0 Å². The fourth-order valence-corrected chi connectivity index (χ4v) is 5.66. The van der Waals surface area contributed by atoms with Crippen molar-refractivity contribution >= 4 is 0 Å². The van der Waals surface area contributed by atoms with Crippen molar-refractivity contribution in [1.29, 1.82) is 0 Å². The van der Waals surface area contributed by atoms with Crippen LogP contribution in [0.5, 0.6) is 0 Å². The molecule has 3 nitrogen and oxygen atoms in total. The van der Waals surface area contributed by atoms with Crippen molar-refractivity contribution in [3.05, 3.63) is 12.2 Å². The lowest BCUT2D eigenvalue weighted by atomic mass is 10.0. The highest BCUT2D eigenvalue weighted by atomic mass is 14.5. The van der Waals surface area contributed by atoms with Gasteiger partial charge in [-0.25, -0.2) is 0 Å². The molecule has 0 aliphatic carbocycles. The van der Waals surface area contributed by atoms with Gasteiger partial charge >= 0.3 is 0 Å². The lowest BCUT2D eigenvalue weighted by Gasteiger charge is -2.02. The molecule has 0 aromatic carbocycles. The van der Waals surface area contributed by atoms with Crippen LogP contribution in [0.1, 0.15) is 239 Å². The van der Waals surface area contributed by atoms with E-state index in [2.05, 4.69) is 32.9 Å². The summed E-state index contributed by atoms with van der Waals surface area (Å²) in [6, 6.07) is 0. The topological polar surface area (TPSA) is 78.1 Å². The largest absolute Gasteiger partial charge is 0.330 e. The molecule has 0 spiro atoms. The predicted molar refractivity (Wildman–Crippen MR) is 210 cm³/mol. The fourth-order valence-electron chi connectivity index (χ4n) is 5.66. The summed E-state index contributed by atoms with van der Waals surface area (Å²) in [5.41, 5.74) is 16.3. The Balaban J connectivity index is -0.000000624. The summed E-state index contributed by atoms with van der Waals surface area (Å²) >= 11 is 0. The van der Waals surface area contributed by atoms with E-state index in [9.17, 15) is 0 Å². The van der Waals surface area contributed by atoms with E-state index in [1.807, 2.05) is 0 Å². The Morgan fingerprint density at radius 2 is 0.422 bits per heavy atom. The van der Waals surface area contributed by atoms with Crippen LogP contribution in [0.4, 0.5) is 0 Å². The molecule has 6 N–H and O–H groups in total. The van der Waals surface area contributed by atoms with Crippen LogP contribution < -0.4 is 17.2 Å². The molecular weight excluding hydrogens is 546 g/mol. The van der Waals surface area contributed by atoms with E-state index in [4.69, 9.17) is 17.2 Å². The van der Waals surface area contributed by atoms with Crippen molar-refractivity contribution in [2.45, 2.75) is 239 Å². The van der Waals surface area contributed by atoms with Crippen LogP contribution in [-0.2, 0) is 0 Å². The molecule has 3 heteroatoms. The summed E-state index contributed by atoms with van der Waals surface area (Å²) < 4.78 is 0. The molecule has 0 unspecified atom stereocenters. The second-order valence-electron chi connectivity index (χ2n) is 13.7. The zero-order valence-electron chi connectivity index (χ0n) is 32.0. The third-order valence-electron chi connectivity index (χ3n) is 8.83. The van der Waals surface area contributed by atoms with Gasteiger partial charge in [-0.3, -0.25) is 0 Å². The average Bonchev–Trinajstić information content (AvgIpc) is 3.06. The molecule has 0 radical (unpaired) electrons. The van der Waals surface area contributed by atoms with Gasteiger partial charge in [0.1, 0.15) is 0 Å². The molecule has 0 atom stereocenters. The quantitative estimate of drug-likeness (QED) is 0.0478. The smallest absolute Gasteiger partial charge is 0.00773 e. The maximum Gasteiger partial charge on any atom is -0.00773 e. The van der Waals surface area contributed by atoms with Crippen LogP contribution in [-0.4, -0.2) is 19.6 Å². The third-order valence-corrected chi connectivity index (χ3v) is 8.83. The number of rotatable bonds is 35. The first-order valence-electron chi connectivity index (χ1n) is 21.0. The molecule has 274 valence electrons. The van der Waals surface area contributed by atoms with Crippen LogP contribution in [0.2, 0.25) is 0 Å². The summed E-state index contributed by atoms with van der Waals surface area (Å²) in [6.07, 6.45) is 51.8. The van der Waals surface area contributed by atoms with E-state index in [1.54, 1.807) is 0 Å². The lowest BCUT2D eigenvalue weighted by molar-refractivity contribution is 0.536. The van der Waals surface area contributed by atoms with Crippen LogP contribution in [0, 0.1) is 0 Å². The Morgan fingerprint density at radius 3 is 0.622 bits per heavy atom. The van der Waals surface area contributed by atoms with Gasteiger partial charge in [-0.15, -0.1) is 0 Å². The van der Waals surface area contributed by atoms with Crippen molar-refractivity contribution in [1.82, 2.24) is 0 Å². The Bertz CT molecular complexity index is 445. The highest BCUT2D eigenvalue weighted by molar-refractivity contribution is 4.81. The molecule has 0 aromatic heterocycles. The van der Waals surface area contributed by atoms with Crippen LogP contribution >= 0.6 is 0 Å². The number of allylic oxidation sites excluding steroid dienone is 2. The molecule has 0 saturated heterocycles. The van der Waals surface area contributed by atoms with Crippen LogP contribution in [0.25, 0.3) is 0 Å². The van der Waals surface area contributed by atoms with E-state index in [1.165, 1.54) is 218 Å². The minimum Gasteiger partial charge on any atom is -0.330 e. The molecular formula is C42H91N3. The van der Waals surface area contributed by atoms with E-state index in [0.717, 1.165) is 19.6 Å². The molecule has 0 aromatic rings. The first kappa shape index (κ1) is 49.0. The molecule has 0 aliphatic rings. The van der Waals surface area contributed by atoms with Crippen LogP contribution in [0.3, 0.4) is 0 Å². The van der Waals surface area contributed by atoms with Crippen molar-refractivity contribution in [2.24, 2.45) is 17.2 Å². The Kier molecular flexibility index (Phi) is 57.9. The number of nitrogens with two attached hydrogens (primary N) is 3. The first-order chi connectivity index (χ1) is 22.2. The lowest BCUT2D eigenvalue weighted by Crippen LogP contribution is -1.97. The average molecular weight is 638 g/mol. The minimum absolute atomic E-state index is 0.862. The molecule has 0 rings (SSSR count). The van der Waals surface area contributed by atoms with E-state index < -0.39 is 0 Å². The van der Waals surface area contributed by atoms with Crippen molar-refractivity contribution in [2.75, 3.05) is 19.6 Å². The molecule has 0 amide bonds. The molecule has 0 fully saturated rings. The minimum atomic E-state index is 0.862. The second-order valence-corrected chi connectivity index (χ2v) is 13.7. The fraction of sp³-hybridized carbons (Fsp3) is 0.952. The monoisotopic (exact) mass is 638 g/mol. The van der Waals surface area contributed by atoms with Gasteiger partial charge in [0.25, 0.3) is 0 Å². The summed E-state index contributed by atoms with van der Waals surface area (Å²) in [5, 5.41) is 0. The van der Waals surface area contributed by atoms with Gasteiger partial charge in [0, 0.05) is 0 Å².